The second kappa shape index (κ2) is 7.44. The smallest absolute Gasteiger partial charge is 0.226 e. The summed E-state index contributed by atoms with van der Waals surface area (Å²) >= 11 is 0. The standard InChI is InChI=1S/C21H21N3O2/c25-21(12-17-10-11-22-24-17)23-20-13-19(20)16-6-8-18(9-7-16)26-14-15-4-2-1-3-5-15/h1-11,19-20H,12-14H2,(H,22,24)(H,23,25)/t19-,20-/m0/s1. The van der Waals surface area contributed by atoms with E-state index in [0.29, 0.717) is 18.9 Å². The minimum Gasteiger partial charge on any atom is -0.489 e. The molecule has 2 atom stereocenters. The zero-order valence-corrected chi connectivity index (χ0v) is 14.4. The fourth-order valence-corrected chi connectivity index (χ4v) is 3.09. The summed E-state index contributed by atoms with van der Waals surface area (Å²) in [5.74, 6) is 1.28. The van der Waals surface area contributed by atoms with E-state index >= 15 is 0 Å². The van der Waals surface area contributed by atoms with Crippen LogP contribution < -0.4 is 10.1 Å². The van der Waals surface area contributed by atoms with Crippen molar-refractivity contribution in [2.24, 2.45) is 0 Å². The molecule has 4 rings (SSSR count). The Morgan fingerprint density at radius 3 is 2.65 bits per heavy atom. The summed E-state index contributed by atoms with van der Waals surface area (Å²) in [6.07, 6.45) is 2.98. The zero-order valence-electron chi connectivity index (χ0n) is 14.4. The van der Waals surface area contributed by atoms with Gasteiger partial charge < -0.3 is 10.1 Å². The van der Waals surface area contributed by atoms with Gasteiger partial charge in [-0.2, -0.15) is 5.10 Å². The molecule has 1 saturated carbocycles. The summed E-state index contributed by atoms with van der Waals surface area (Å²) in [6.45, 7) is 0.565. The number of hydrogen-bond donors (Lipinski definition) is 2. The van der Waals surface area contributed by atoms with Gasteiger partial charge in [0.2, 0.25) is 5.91 Å². The van der Waals surface area contributed by atoms with Gasteiger partial charge in [-0.1, -0.05) is 42.5 Å². The maximum atomic E-state index is 12.0. The maximum absolute atomic E-state index is 12.0. The Labute approximate surface area is 152 Å². The Bertz CT molecular complexity index is 845. The molecule has 0 unspecified atom stereocenters. The van der Waals surface area contributed by atoms with E-state index in [-0.39, 0.29) is 11.9 Å². The van der Waals surface area contributed by atoms with E-state index in [0.717, 1.165) is 23.4 Å². The fraction of sp³-hybridized carbons (Fsp3) is 0.238. The monoisotopic (exact) mass is 347 g/mol. The van der Waals surface area contributed by atoms with Crippen LogP contribution in [-0.4, -0.2) is 22.1 Å². The molecule has 3 aromatic rings. The third-order valence-corrected chi connectivity index (χ3v) is 4.60. The number of nitrogens with zero attached hydrogens (tertiary/aromatic N) is 1. The number of benzene rings is 2. The van der Waals surface area contributed by atoms with Crippen molar-refractivity contribution in [3.63, 3.8) is 0 Å². The Morgan fingerprint density at radius 2 is 1.92 bits per heavy atom. The lowest BCUT2D eigenvalue weighted by molar-refractivity contribution is -0.120. The van der Waals surface area contributed by atoms with Crippen molar-refractivity contribution < 1.29 is 9.53 Å². The molecule has 132 valence electrons. The Morgan fingerprint density at radius 1 is 1.12 bits per heavy atom. The summed E-state index contributed by atoms with van der Waals surface area (Å²) in [5, 5.41) is 9.75. The number of nitrogens with one attached hydrogen (secondary N) is 2. The van der Waals surface area contributed by atoms with Gasteiger partial charge in [-0.3, -0.25) is 9.89 Å². The largest absolute Gasteiger partial charge is 0.489 e. The van der Waals surface area contributed by atoms with Crippen LogP contribution in [0.3, 0.4) is 0 Å². The van der Waals surface area contributed by atoms with E-state index in [2.05, 4.69) is 39.8 Å². The fourth-order valence-electron chi connectivity index (χ4n) is 3.09. The van der Waals surface area contributed by atoms with Crippen molar-refractivity contribution in [3.8, 4) is 5.75 Å². The highest BCUT2D eigenvalue weighted by Gasteiger charge is 2.39. The quantitative estimate of drug-likeness (QED) is 0.690. The van der Waals surface area contributed by atoms with Gasteiger partial charge in [0.25, 0.3) is 0 Å². The molecule has 0 bridgehead atoms. The number of aromatic nitrogens is 2. The van der Waals surface area contributed by atoms with Gasteiger partial charge in [-0.25, -0.2) is 0 Å². The van der Waals surface area contributed by atoms with E-state index in [4.69, 9.17) is 4.74 Å². The number of rotatable bonds is 7. The third-order valence-electron chi connectivity index (χ3n) is 4.60. The van der Waals surface area contributed by atoms with Crippen molar-refractivity contribution >= 4 is 5.91 Å². The molecular weight excluding hydrogens is 326 g/mol. The molecule has 1 aromatic heterocycles. The van der Waals surface area contributed by atoms with Gasteiger partial charge in [-0.15, -0.1) is 0 Å². The lowest BCUT2D eigenvalue weighted by Crippen LogP contribution is -2.28. The SMILES string of the molecule is O=C(Cc1ccn[nH]1)N[C@H]1C[C@H]1c1ccc(OCc2ccccc2)cc1. The summed E-state index contributed by atoms with van der Waals surface area (Å²) in [7, 11) is 0. The molecule has 1 fully saturated rings. The molecule has 1 amide bonds. The van der Waals surface area contributed by atoms with E-state index in [1.165, 1.54) is 5.56 Å². The topological polar surface area (TPSA) is 67.0 Å². The summed E-state index contributed by atoms with van der Waals surface area (Å²) in [6, 6.07) is 20.3. The summed E-state index contributed by atoms with van der Waals surface area (Å²) in [5.41, 5.74) is 3.22. The van der Waals surface area contributed by atoms with Crippen molar-refractivity contribution in [1.82, 2.24) is 15.5 Å². The third kappa shape index (κ3) is 4.11. The molecule has 0 radical (unpaired) electrons. The summed E-state index contributed by atoms with van der Waals surface area (Å²) in [4.78, 5) is 12.0. The molecule has 1 aliphatic carbocycles. The predicted octanol–water partition coefficient (Wildman–Crippen LogP) is 3.20. The number of carbonyl (C=O) groups is 1. The van der Waals surface area contributed by atoms with Gasteiger partial charge in [-0.05, 0) is 35.7 Å². The molecule has 2 aromatic carbocycles. The van der Waals surface area contributed by atoms with Crippen LogP contribution in [0.5, 0.6) is 5.75 Å². The Kier molecular flexibility index (Phi) is 4.69. The number of aromatic amines is 1. The van der Waals surface area contributed by atoms with Gasteiger partial charge in [0.1, 0.15) is 12.4 Å². The first kappa shape index (κ1) is 16.4. The van der Waals surface area contributed by atoms with E-state index in [1.54, 1.807) is 6.20 Å². The molecule has 0 spiro atoms. The highest BCUT2D eigenvalue weighted by atomic mass is 16.5. The van der Waals surface area contributed by atoms with Gasteiger partial charge >= 0.3 is 0 Å². The first-order chi connectivity index (χ1) is 12.8. The molecule has 5 nitrogen and oxygen atoms in total. The normalized spacial score (nSPS) is 18.3. The predicted molar refractivity (Wildman–Crippen MR) is 98.8 cm³/mol. The Balaban J connectivity index is 1.26. The van der Waals surface area contributed by atoms with E-state index in [9.17, 15) is 4.79 Å². The van der Waals surface area contributed by atoms with Crippen LogP contribution in [0.25, 0.3) is 0 Å². The van der Waals surface area contributed by atoms with Crippen LogP contribution >= 0.6 is 0 Å². The minimum atomic E-state index is 0.0320. The highest BCUT2D eigenvalue weighted by molar-refractivity contribution is 5.79. The minimum absolute atomic E-state index is 0.0320. The second-order valence-electron chi connectivity index (χ2n) is 6.62. The van der Waals surface area contributed by atoms with Crippen LogP contribution in [0.15, 0.2) is 66.9 Å². The van der Waals surface area contributed by atoms with Gasteiger partial charge in [0.15, 0.2) is 0 Å². The highest BCUT2D eigenvalue weighted by Crippen LogP contribution is 2.41. The lowest BCUT2D eigenvalue weighted by Gasteiger charge is -2.08. The van der Waals surface area contributed by atoms with Crippen molar-refractivity contribution in [1.29, 1.82) is 0 Å². The molecule has 1 aliphatic rings. The van der Waals surface area contributed by atoms with Crippen molar-refractivity contribution in [2.45, 2.75) is 31.4 Å². The number of H-pyrrole nitrogens is 1. The second-order valence-corrected chi connectivity index (χ2v) is 6.62. The molecule has 0 saturated heterocycles. The van der Waals surface area contributed by atoms with Crippen LogP contribution in [0.1, 0.15) is 29.2 Å². The van der Waals surface area contributed by atoms with Crippen LogP contribution in [0, 0.1) is 0 Å². The van der Waals surface area contributed by atoms with Crippen LogP contribution in [0.4, 0.5) is 0 Å². The number of hydrogen-bond acceptors (Lipinski definition) is 3. The first-order valence-electron chi connectivity index (χ1n) is 8.82. The van der Waals surface area contributed by atoms with Gasteiger partial charge in [0.05, 0.1) is 6.42 Å². The number of ether oxygens (including phenoxy) is 1. The Hall–Kier alpha value is -3.08. The summed E-state index contributed by atoms with van der Waals surface area (Å²) < 4.78 is 5.82. The molecule has 2 N–H and O–H groups in total. The van der Waals surface area contributed by atoms with E-state index in [1.807, 2.05) is 36.4 Å². The maximum Gasteiger partial charge on any atom is 0.226 e. The average Bonchev–Trinajstić information content (AvgIpc) is 3.23. The number of carbonyl (C=O) groups excluding carboxylic acids is 1. The van der Waals surface area contributed by atoms with Crippen LogP contribution in [0.2, 0.25) is 0 Å². The molecule has 26 heavy (non-hydrogen) atoms. The zero-order chi connectivity index (χ0) is 17.8. The van der Waals surface area contributed by atoms with Crippen molar-refractivity contribution in [2.75, 3.05) is 0 Å². The molecule has 0 aliphatic heterocycles. The van der Waals surface area contributed by atoms with E-state index < -0.39 is 0 Å². The van der Waals surface area contributed by atoms with Gasteiger partial charge in [0, 0.05) is 23.9 Å². The molecule has 5 heteroatoms. The molecule has 1 heterocycles. The van der Waals surface area contributed by atoms with Crippen molar-refractivity contribution in [3.05, 3.63) is 83.7 Å². The lowest BCUT2D eigenvalue weighted by atomic mass is 10.1. The molecular formula is C21H21N3O2. The number of amides is 1. The average molecular weight is 347 g/mol. The van der Waals surface area contributed by atoms with Crippen LogP contribution in [-0.2, 0) is 17.8 Å². The first-order valence-corrected chi connectivity index (χ1v) is 8.82.